The maximum atomic E-state index is 13.4. The van der Waals surface area contributed by atoms with Gasteiger partial charge in [0.2, 0.25) is 21.8 Å². The summed E-state index contributed by atoms with van der Waals surface area (Å²) in [4.78, 5) is 45.4. The van der Waals surface area contributed by atoms with Crippen LogP contribution in [0, 0.1) is 0 Å². The Morgan fingerprint density at radius 2 is 1.78 bits per heavy atom. The van der Waals surface area contributed by atoms with Crippen LogP contribution in [-0.2, 0) is 19.6 Å². The van der Waals surface area contributed by atoms with E-state index >= 15 is 0 Å². The molecule has 2 aromatic carbocycles. The Morgan fingerprint density at radius 3 is 2.56 bits per heavy atom. The molecular formula is C28H37ClN6O5S. The van der Waals surface area contributed by atoms with Crippen molar-refractivity contribution in [1.29, 1.82) is 0 Å². The van der Waals surface area contributed by atoms with E-state index in [1.54, 1.807) is 42.3 Å². The maximum Gasteiger partial charge on any atom is 0.314 e. The molecule has 41 heavy (non-hydrogen) atoms. The lowest BCUT2D eigenvalue weighted by Gasteiger charge is -2.35. The number of nitrogens with two attached hydrogens (primary N) is 1. The molecule has 0 radical (unpaired) electrons. The summed E-state index contributed by atoms with van der Waals surface area (Å²) in [6, 6.07) is 8.69. The SMILES string of the molecule is CN(C(N)=O)C1CCN(CC2CCCN2C(=O)CN2CCCC(NS(=O)(=O)c3ccc4cc(Cl)ccc4c3)C2=O)C1. The number of carbonyl (C=O) groups excluding carboxylic acids is 3. The van der Waals surface area contributed by atoms with E-state index in [1.165, 1.54) is 11.0 Å². The molecule has 0 bridgehead atoms. The minimum Gasteiger partial charge on any atom is -0.351 e. The number of piperidine rings is 1. The van der Waals surface area contributed by atoms with Gasteiger partial charge in [-0.05, 0) is 67.1 Å². The second-order valence-corrected chi connectivity index (χ2v) is 13.4. The highest BCUT2D eigenvalue weighted by Crippen LogP contribution is 2.25. The molecule has 222 valence electrons. The molecule has 5 rings (SSSR count). The van der Waals surface area contributed by atoms with Crippen molar-refractivity contribution < 1.29 is 22.8 Å². The molecule has 3 aliphatic heterocycles. The van der Waals surface area contributed by atoms with E-state index in [0.29, 0.717) is 37.5 Å². The molecule has 4 amide bonds. The van der Waals surface area contributed by atoms with Crippen LogP contribution in [0.25, 0.3) is 10.8 Å². The number of urea groups is 1. The number of nitrogens with zero attached hydrogens (tertiary/aromatic N) is 4. The van der Waals surface area contributed by atoms with Gasteiger partial charge in [0.25, 0.3) is 0 Å². The summed E-state index contributed by atoms with van der Waals surface area (Å²) in [6.07, 6.45) is 3.58. The van der Waals surface area contributed by atoms with Crippen LogP contribution < -0.4 is 10.5 Å². The van der Waals surface area contributed by atoms with E-state index in [2.05, 4.69) is 9.62 Å². The topological polar surface area (TPSA) is 136 Å². The van der Waals surface area contributed by atoms with Gasteiger partial charge in [-0.2, -0.15) is 4.72 Å². The maximum absolute atomic E-state index is 13.4. The third kappa shape index (κ3) is 6.61. The van der Waals surface area contributed by atoms with Gasteiger partial charge in [-0.3, -0.25) is 14.5 Å². The first-order valence-electron chi connectivity index (χ1n) is 14.1. The van der Waals surface area contributed by atoms with Crippen LogP contribution in [0.5, 0.6) is 0 Å². The molecular weight excluding hydrogens is 568 g/mol. The number of nitrogens with one attached hydrogen (secondary N) is 1. The van der Waals surface area contributed by atoms with Crippen molar-refractivity contribution in [1.82, 2.24) is 24.3 Å². The molecule has 3 fully saturated rings. The number of likely N-dealkylation sites (N-methyl/N-ethyl adjacent to an activating group) is 1. The summed E-state index contributed by atoms with van der Waals surface area (Å²) in [7, 11) is -2.25. The van der Waals surface area contributed by atoms with Crippen molar-refractivity contribution in [3.63, 3.8) is 0 Å². The number of amides is 4. The van der Waals surface area contributed by atoms with Crippen molar-refractivity contribution in [3.8, 4) is 0 Å². The molecule has 3 N–H and O–H groups in total. The minimum absolute atomic E-state index is 0.0390. The highest BCUT2D eigenvalue weighted by atomic mass is 35.5. The Balaban J connectivity index is 1.19. The molecule has 3 unspecified atom stereocenters. The number of rotatable bonds is 8. The fourth-order valence-corrected chi connectivity index (χ4v) is 7.64. The van der Waals surface area contributed by atoms with Gasteiger partial charge in [-0.25, -0.2) is 13.2 Å². The second-order valence-electron chi connectivity index (χ2n) is 11.3. The van der Waals surface area contributed by atoms with Gasteiger partial charge < -0.3 is 20.4 Å². The summed E-state index contributed by atoms with van der Waals surface area (Å²) >= 11 is 6.04. The average Bonchev–Trinajstić information content (AvgIpc) is 3.60. The van der Waals surface area contributed by atoms with E-state index in [0.717, 1.165) is 43.1 Å². The number of benzene rings is 2. The van der Waals surface area contributed by atoms with Crippen molar-refractivity contribution in [3.05, 3.63) is 41.4 Å². The lowest BCUT2D eigenvalue weighted by Crippen LogP contribution is -2.55. The molecule has 0 aliphatic carbocycles. The number of primary amides is 1. The van der Waals surface area contributed by atoms with E-state index in [1.807, 2.05) is 4.90 Å². The number of likely N-dealkylation sites (tertiary alicyclic amines) is 3. The normalized spacial score (nSPS) is 23.9. The third-order valence-electron chi connectivity index (χ3n) is 8.55. The summed E-state index contributed by atoms with van der Waals surface area (Å²) in [5.41, 5.74) is 5.43. The molecule has 0 spiro atoms. The summed E-state index contributed by atoms with van der Waals surface area (Å²) in [6.45, 7) is 3.23. The van der Waals surface area contributed by atoms with Crippen LogP contribution in [0.2, 0.25) is 5.02 Å². The van der Waals surface area contributed by atoms with Crippen LogP contribution >= 0.6 is 11.6 Å². The first-order chi connectivity index (χ1) is 19.5. The van der Waals surface area contributed by atoms with Crippen molar-refractivity contribution in [2.45, 2.75) is 55.1 Å². The Morgan fingerprint density at radius 1 is 1.05 bits per heavy atom. The molecule has 11 nitrogen and oxygen atoms in total. The average molecular weight is 605 g/mol. The molecule has 3 heterocycles. The van der Waals surface area contributed by atoms with Crippen molar-refractivity contribution in [2.75, 3.05) is 46.3 Å². The van der Waals surface area contributed by atoms with Crippen molar-refractivity contribution in [2.24, 2.45) is 5.73 Å². The Hall–Kier alpha value is -2.93. The molecule has 0 aromatic heterocycles. The van der Waals surface area contributed by atoms with E-state index < -0.39 is 22.1 Å². The van der Waals surface area contributed by atoms with Gasteiger partial charge in [-0.1, -0.05) is 23.7 Å². The van der Waals surface area contributed by atoms with Gasteiger partial charge in [0.15, 0.2) is 0 Å². The van der Waals surface area contributed by atoms with E-state index in [-0.39, 0.29) is 35.3 Å². The lowest BCUT2D eigenvalue weighted by molar-refractivity contribution is -0.143. The van der Waals surface area contributed by atoms with E-state index in [4.69, 9.17) is 17.3 Å². The zero-order valence-electron chi connectivity index (χ0n) is 23.2. The molecule has 2 aromatic rings. The zero-order valence-corrected chi connectivity index (χ0v) is 24.7. The Bertz CT molecular complexity index is 1440. The van der Waals surface area contributed by atoms with Gasteiger partial charge in [0.05, 0.1) is 11.4 Å². The molecule has 3 saturated heterocycles. The fourth-order valence-electron chi connectivity index (χ4n) is 6.20. The predicted octanol–water partition coefficient (Wildman–Crippen LogP) is 1.84. The first kappa shape index (κ1) is 29.6. The van der Waals surface area contributed by atoms with Crippen LogP contribution in [-0.4, -0.2) is 110 Å². The highest BCUT2D eigenvalue weighted by Gasteiger charge is 2.37. The molecule has 0 saturated carbocycles. The van der Waals surface area contributed by atoms with Gasteiger partial charge in [-0.15, -0.1) is 0 Å². The van der Waals surface area contributed by atoms with Crippen molar-refractivity contribution >= 4 is 50.2 Å². The largest absolute Gasteiger partial charge is 0.351 e. The van der Waals surface area contributed by atoms with Crippen LogP contribution in [0.3, 0.4) is 0 Å². The van der Waals surface area contributed by atoms with Crippen LogP contribution in [0.15, 0.2) is 41.3 Å². The lowest BCUT2D eigenvalue weighted by atomic mass is 10.1. The van der Waals surface area contributed by atoms with Crippen LogP contribution in [0.4, 0.5) is 4.79 Å². The fraction of sp³-hybridized carbons (Fsp3) is 0.536. The van der Waals surface area contributed by atoms with Gasteiger partial charge in [0, 0.05) is 56.9 Å². The van der Waals surface area contributed by atoms with Gasteiger partial charge >= 0.3 is 6.03 Å². The quantitative estimate of drug-likeness (QED) is 0.472. The second kappa shape index (κ2) is 12.1. The number of sulfonamides is 1. The number of halogens is 1. The molecule has 3 atom stereocenters. The zero-order chi connectivity index (χ0) is 29.3. The molecule has 13 heteroatoms. The molecule has 3 aliphatic rings. The smallest absolute Gasteiger partial charge is 0.314 e. The number of fused-ring (bicyclic) bond motifs is 1. The van der Waals surface area contributed by atoms with E-state index in [9.17, 15) is 22.8 Å². The predicted molar refractivity (Wildman–Crippen MR) is 156 cm³/mol. The third-order valence-corrected chi connectivity index (χ3v) is 10.3. The summed E-state index contributed by atoms with van der Waals surface area (Å²) in [5, 5.41) is 2.10. The summed E-state index contributed by atoms with van der Waals surface area (Å²) in [5.74, 6) is -0.504. The number of hydrogen-bond acceptors (Lipinski definition) is 6. The highest BCUT2D eigenvalue weighted by molar-refractivity contribution is 7.89. The monoisotopic (exact) mass is 604 g/mol. The minimum atomic E-state index is -3.96. The standard InChI is InChI=1S/C28H37ClN6O5S/c1-32(28(30)38)22-10-13-33(16-22)17-23-4-2-12-35(23)26(36)18-34-11-3-5-25(27(34)37)31-41(39,40)24-9-7-19-14-21(29)8-6-20(19)15-24/h6-9,14-15,22-23,25,31H,2-5,10-13,16-18H2,1H3,(H2,30,38). The van der Waals surface area contributed by atoms with Crippen LogP contribution in [0.1, 0.15) is 32.1 Å². The summed E-state index contributed by atoms with van der Waals surface area (Å²) < 4.78 is 29.0. The number of carbonyl (C=O) groups is 3. The number of hydrogen-bond donors (Lipinski definition) is 2. The first-order valence-corrected chi connectivity index (χ1v) is 15.9. The Labute approximate surface area is 245 Å². The van der Waals surface area contributed by atoms with Gasteiger partial charge in [0.1, 0.15) is 6.04 Å². The Kier molecular flexibility index (Phi) is 8.74.